The largest absolute Gasteiger partial charge is 0.480 e. The topological polar surface area (TPSA) is 75.6 Å². The standard InChI is InChI=1S/C15H21NO4/c1-9(2)13(14(17)18)16-12-7-5-11(6-8-12)15(19)20-10(3)4/h5-10,13,16H,1-4H3,(H,17,18). The van der Waals surface area contributed by atoms with Gasteiger partial charge in [-0.25, -0.2) is 9.59 Å². The molecule has 0 fully saturated rings. The molecule has 2 N–H and O–H groups in total. The van der Waals surface area contributed by atoms with Crippen LogP contribution in [0.15, 0.2) is 24.3 Å². The molecular formula is C15H21NO4. The van der Waals surface area contributed by atoms with Crippen LogP contribution in [0, 0.1) is 5.92 Å². The lowest BCUT2D eigenvalue weighted by Gasteiger charge is -2.19. The van der Waals surface area contributed by atoms with Gasteiger partial charge in [0, 0.05) is 5.69 Å². The molecule has 0 aromatic heterocycles. The van der Waals surface area contributed by atoms with Crippen molar-refractivity contribution in [2.24, 2.45) is 5.92 Å². The smallest absolute Gasteiger partial charge is 0.338 e. The lowest BCUT2D eigenvalue weighted by atomic mass is 10.0. The molecule has 1 rings (SSSR count). The average Bonchev–Trinajstić information content (AvgIpc) is 2.35. The zero-order chi connectivity index (χ0) is 15.3. The number of hydrogen-bond acceptors (Lipinski definition) is 4. The molecule has 1 atom stereocenters. The second-order valence-corrected chi connectivity index (χ2v) is 5.24. The Hall–Kier alpha value is -2.04. The number of esters is 1. The van der Waals surface area contributed by atoms with Gasteiger partial charge < -0.3 is 15.2 Å². The molecule has 1 aromatic rings. The maximum Gasteiger partial charge on any atom is 0.338 e. The van der Waals surface area contributed by atoms with Crippen molar-refractivity contribution in [3.8, 4) is 0 Å². The Bertz CT molecular complexity index is 465. The first kappa shape index (κ1) is 16.0. The second kappa shape index (κ2) is 6.93. The van der Waals surface area contributed by atoms with Crippen LogP contribution in [0.25, 0.3) is 0 Å². The van der Waals surface area contributed by atoms with Crippen LogP contribution in [0.1, 0.15) is 38.1 Å². The number of carbonyl (C=O) groups is 2. The molecule has 1 unspecified atom stereocenters. The first-order valence-corrected chi connectivity index (χ1v) is 6.61. The SMILES string of the molecule is CC(C)OC(=O)c1ccc(NC(C(=O)O)C(C)C)cc1. The predicted molar refractivity (Wildman–Crippen MR) is 76.9 cm³/mol. The molecule has 20 heavy (non-hydrogen) atoms. The van der Waals surface area contributed by atoms with E-state index >= 15 is 0 Å². The van der Waals surface area contributed by atoms with Crippen molar-refractivity contribution in [1.82, 2.24) is 0 Å². The highest BCUT2D eigenvalue weighted by Gasteiger charge is 2.21. The lowest BCUT2D eigenvalue weighted by Crippen LogP contribution is -2.34. The van der Waals surface area contributed by atoms with Crippen molar-refractivity contribution < 1.29 is 19.4 Å². The van der Waals surface area contributed by atoms with Crippen LogP contribution in [-0.4, -0.2) is 29.2 Å². The average molecular weight is 279 g/mol. The molecule has 0 spiro atoms. The molecule has 0 saturated carbocycles. The van der Waals surface area contributed by atoms with E-state index in [9.17, 15) is 9.59 Å². The molecule has 5 heteroatoms. The fourth-order valence-electron chi connectivity index (χ4n) is 1.68. The molecule has 0 radical (unpaired) electrons. The molecule has 0 aliphatic rings. The van der Waals surface area contributed by atoms with Gasteiger partial charge >= 0.3 is 11.9 Å². The summed E-state index contributed by atoms with van der Waals surface area (Å²) in [5.41, 5.74) is 1.10. The molecule has 1 aromatic carbocycles. The third-order valence-electron chi connectivity index (χ3n) is 2.72. The Morgan fingerprint density at radius 2 is 1.65 bits per heavy atom. The summed E-state index contributed by atoms with van der Waals surface area (Å²) in [5.74, 6) is -1.33. The number of rotatable bonds is 6. The number of nitrogens with one attached hydrogen (secondary N) is 1. The van der Waals surface area contributed by atoms with E-state index in [0.29, 0.717) is 11.3 Å². The lowest BCUT2D eigenvalue weighted by molar-refractivity contribution is -0.138. The maximum atomic E-state index is 11.7. The minimum absolute atomic E-state index is 0.0434. The third kappa shape index (κ3) is 4.57. The van der Waals surface area contributed by atoms with E-state index in [1.807, 2.05) is 13.8 Å². The zero-order valence-electron chi connectivity index (χ0n) is 12.2. The van der Waals surface area contributed by atoms with E-state index in [1.54, 1.807) is 38.1 Å². The van der Waals surface area contributed by atoms with E-state index in [1.165, 1.54) is 0 Å². The molecule has 0 aliphatic carbocycles. The molecule has 0 saturated heterocycles. The maximum absolute atomic E-state index is 11.7. The highest BCUT2D eigenvalue weighted by Crippen LogP contribution is 2.15. The van der Waals surface area contributed by atoms with Gasteiger partial charge in [-0.3, -0.25) is 0 Å². The van der Waals surface area contributed by atoms with Gasteiger partial charge in [0.15, 0.2) is 0 Å². The fraction of sp³-hybridized carbons (Fsp3) is 0.467. The van der Waals surface area contributed by atoms with Crippen LogP contribution in [-0.2, 0) is 9.53 Å². The van der Waals surface area contributed by atoms with Crippen molar-refractivity contribution in [3.63, 3.8) is 0 Å². The molecule has 5 nitrogen and oxygen atoms in total. The number of carboxylic acid groups (broad SMARTS) is 1. The van der Waals surface area contributed by atoms with Crippen molar-refractivity contribution in [3.05, 3.63) is 29.8 Å². The summed E-state index contributed by atoms with van der Waals surface area (Å²) in [6, 6.07) is 5.92. The normalized spacial score (nSPS) is 12.3. The quantitative estimate of drug-likeness (QED) is 0.783. The number of hydrogen-bond donors (Lipinski definition) is 2. The van der Waals surface area contributed by atoms with Gasteiger partial charge in [-0.2, -0.15) is 0 Å². The fourth-order valence-corrected chi connectivity index (χ4v) is 1.68. The first-order chi connectivity index (χ1) is 9.31. The molecule has 110 valence electrons. The number of benzene rings is 1. The number of carbonyl (C=O) groups excluding carboxylic acids is 1. The summed E-state index contributed by atoms with van der Waals surface area (Å²) in [4.78, 5) is 22.8. The highest BCUT2D eigenvalue weighted by molar-refractivity contribution is 5.90. The number of anilines is 1. The molecule has 0 aliphatic heterocycles. The van der Waals surface area contributed by atoms with E-state index in [-0.39, 0.29) is 18.0 Å². The molecule has 0 amide bonds. The summed E-state index contributed by atoms with van der Waals surface area (Å²) in [5, 5.41) is 12.0. The predicted octanol–water partition coefficient (Wildman–Crippen LogP) is 2.77. The summed E-state index contributed by atoms with van der Waals surface area (Å²) >= 11 is 0. The van der Waals surface area contributed by atoms with Gasteiger partial charge in [-0.1, -0.05) is 13.8 Å². The summed E-state index contributed by atoms with van der Waals surface area (Å²) in [7, 11) is 0. The number of ether oxygens (including phenoxy) is 1. The van der Waals surface area contributed by atoms with Crippen molar-refractivity contribution in [1.29, 1.82) is 0 Å². The minimum atomic E-state index is -0.900. The number of aliphatic carboxylic acids is 1. The summed E-state index contributed by atoms with van der Waals surface area (Å²) in [6.45, 7) is 7.24. The van der Waals surface area contributed by atoms with Crippen molar-refractivity contribution in [2.75, 3.05) is 5.32 Å². The van der Waals surface area contributed by atoms with Gasteiger partial charge in [-0.15, -0.1) is 0 Å². The van der Waals surface area contributed by atoms with Crippen LogP contribution < -0.4 is 5.32 Å². The van der Waals surface area contributed by atoms with Gasteiger partial charge in [0.25, 0.3) is 0 Å². The van der Waals surface area contributed by atoms with Crippen molar-refractivity contribution in [2.45, 2.75) is 39.8 Å². The van der Waals surface area contributed by atoms with Gasteiger partial charge in [0.2, 0.25) is 0 Å². The van der Waals surface area contributed by atoms with Gasteiger partial charge in [-0.05, 0) is 44.0 Å². The van der Waals surface area contributed by atoms with E-state index in [2.05, 4.69) is 5.32 Å². The second-order valence-electron chi connectivity index (χ2n) is 5.24. The Labute approximate surface area is 118 Å². The van der Waals surface area contributed by atoms with Gasteiger partial charge in [0.1, 0.15) is 6.04 Å². The zero-order valence-corrected chi connectivity index (χ0v) is 12.2. The van der Waals surface area contributed by atoms with E-state index in [0.717, 1.165) is 0 Å². The number of carboxylic acids is 1. The van der Waals surface area contributed by atoms with Crippen LogP contribution in [0.4, 0.5) is 5.69 Å². The van der Waals surface area contributed by atoms with E-state index in [4.69, 9.17) is 9.84 Å². The Balaban J connectivity index is 2.76. The van der Waals surface area contributed by atoms with Crippen molar-refractivity contribution >= 4 is 17.6 Å². The molecular weight excluding hydrogens is 258 g/mol. The van der Waals surface area contributed by atoms with Crippen LogP contribution >= 0.6 is 0 Å². The van der Waals surface area contributed by atoms with Crippen LogP contribution in [0.3, 0.4) is 0 Å². The molecule has 0 bridgehead atoms. The Kier molecular flexibility index (Phi) is 5.55. The summed E-state index contributed by atoms with van der Waals surface area (Å²) < 4.78 is 5.08. The first-order valence-electron chi connectivity index (χ1n) is 6.61. The molecule has 0 heterocycles. The Morgan fingerprint density at radius 3 is 2.05 bits per heavy atom. The minimum Gasteiger partial charge on any atom is -0.480 e. The summed E-state index contributed by atoms with van der Waals surface area (Å²) in [6.07, 6.45) is -0.169. The van der Waals surface area contributed by atoms with Gasteiger partial charge in [0.05, 0.1) is 11.7 Å². The van der Waals surface area contributed by atoms with E-state index < -0.39 is 12.0 Å². The third-order valence-corrected chi connectivity index (χ3v) is 2.72. The Morgan fingerprint density at radius 1 is 1.10 bits per heavy atom. The van der Waals surface area contributed by atoms with Crippen LogP contribution in [0.2, 0.25) is 0 Å². The highest BCUT2D eigenvalue weighted by atomic mass is 16.5. The van der Waals surface area contributed by atoms with Crippen LogP contribution in [0.5, 0.6) is 0 Å². The monoisotopic (exact) mass is 279 g/mol.